The van der Waals surface area contributed by atoms with Crippen LogP contribution in [0.1, 0.15) is 19.3 Å². The summed E-state index contributed by atoms with van der Waals surface area (Å²) in [5.41, 5.74) is 0. The van der Waals surface area contributed by atoms with Crippen molar-refractivity contribution in [3.8, 4) is 0 Å². The van der Waals surface area contributed by atoms with Crippen LogP contribution in [-0.4, -0.2) is 62.5 Å². The Hall–Kier alpha value is -0.610. The van der Waals surface area contributed by atoms with Crippen LogP contribution in [0.3, 0.4) is 0 Å². The molecule has 0 aromatic rings. The van der Waals surface area contributed by atoms with Crippen LogP contribution in [0.4, 0.5) is 0 Å². The second-order valence-corrected chi connectivity index (χ2v) is 4.59. The van der Waals surface area contributed by atoms with Crippen LogP contribution < -0.4 is 5.32 Å². The van der Waals surface area contributed by atoms with E-state index in [0.717, 1.165) is 19.6 Å². The lowest BCUT2D eigenvalue weighted by atomic mass is 10.2. The number of carbonyl (C=O) groups excluding carboxylic acids is 1. The van der Waals surface area contributed by atoms with E-state index in [1.54, 1.807) is 19.0 Å². The fraction of sp³-hybridized carbons (Fsp3) is 0.909. The molecular formula is C11H23N3O. The van der Waals surface area contributed by atoms with Crippen LogP contribution in [-0.2, 0) is 4.79 Å². The predicted octanol–water partition coefficient (Wildman–Crippen LogP) is 0.149. The molecule has 1 unspecified atom stereocenters. The Morgan fingerprint density at radius 1 is 1.40 bits per heavy atom. The number of hydrogen-bond acceptors (Lipinski definition) is 3. The van der Waals surface area contributed by atoms with Crippen molar-refractivity contribution in [2.75, 3.05) is 40.8 Å². The van der Waals surface area contributed by atoms with Gasteiger partial charge in [0.25, 0.3) is 0 Å². The van der Waals surface area contributed by atoms with Crippen molar-refractivity contribution in [2.45, 2.75) is 25.3 Å². The number of nitrogens with zero attached hydrogens (tertiary/aromatic N) is 2. The zero-order valence-corrected chi connectivity index (χ0v) is 10.1. The van der Waals surface area contributed by atoms with E-state index in [9.17, 15) is 4.79 Å². The molecule has 1 aliphatic rings. The standard InChI is InChI=1S/C11H23N3O/c1-13(2)11(15)6-8-14(3)9-10-5-4-7-12-10/h10,12H,4-9H2,1-3H3. The molecule has 4 nitrogen and oxygen atoms in total. The Labute approximate surface area is 92.6 Å². The second-order valence-electron chi connectivity index (χ2n) is 4.59. The molecule has 0 aromatic carbocycles. The summed E-state index contributed by atoms with van der Waals surface area (Å²) < 4.78 is 0. The summed E-state index contributed by atoms with van der Waals surface area (Å²) in [6.07, 6.45) is 3.18. The smallest absolute Gasteiger partial charge is 0.223 e. The topological polar surface area (TPSA) is 35.6 Å². The van der Waals surface area contributed by atoms with E-state index in [2.05, 4.69) is 17.3 Å². The predicted molar refractivity (Wildman–Crippen MR) is 61.8 cm³/mol. The summed E-state index contributed by atoms with van der Waals surface area (Å²) >= 11 is 0. The fourth-order valence-corrected chi connectivity index (χ4v) is 1.89. The molecular weight excluding hydrogens is 190 g/mol. The summed E-state index contributed by atoms with van der Waals surface area (Å²) in [5.74, 6) is 0.209. The molecule has 1 atom stereocenters. The average molecular weight is 213 g/mol. The Bertz CT molecular complexity index is 200. The van der Waals surface area contributed by atoms with E-state index < -0.39 is 0 Å². The molecule has 0 spiro atoms. The Kier molecular flexibility index (Phi) is 5.05. The zero-order chi connectivity index (χ0) is 11.3. The van der Waals surface area contributed by atoms with Crippen LogP contribution in [0.25, 0.3) is 0 Å². The molecule has 0 saturated carbocycles. The van der Waals surface area contributed by atoms with Crippen LogP contribution >= 0.6 is 0 Å². The third kappa shape index (κ3) is 4.62. The summed E-state index contributed by atoms with van der Waals surface area (Å²) in [5, 5.41) is 3.46. The highest BCUT2D eigenvalue weighted by Gasteiger charge is 2.16. The molecule has 4 heteroatoms. The van der Waals surface area contributed by atoms with Gasteiger partial charge in [0.2, 0.25) is 5.91 Å². The fourth-order valence-electron chi connectivity index (χ4n) is 1.89. The van der Waals surface area contributed by atoms with Gasteiger partial charge >= 0.3 is 0 Å². The van der Waals surface area contributed by atoms with Gasteiger partial charge in [0.15, 0.2) is 0 Å². The maximum atomic E-state index is 11.4. The first-order valence-electron chi connectivity index (χ1n) is 5.71. The SMILES string of the molecule is CN(CCC(=O)N(C)C)CC1CCCN1. The molecule has 1 fully saturated rings. The Morgan fingerprint density at radius 3 is 2.67 bits per heavy atom. The van der Waals surface area contributed by atoms with E-state index in [-0.39, 0.29) is 5.91 Å². The summed E-state index contributed by atoms with van der Waals surface area (Å²) in [6, 6.07) is 0.629. The molecule has 1 rings (SSSR count). The van der Waals surface area contributed by atoms with Crippen molar-refractivity contribution in [3.63, 3.8) is 0 Å². The number of amides is 1. The maximum absolute atomic E-state index is 11.4. The lowest BCUT2D eigenvalue weighted by Crippen LogP contribution is -2.37. The van der Waals surface area contributed by atoms with Gasteiger partial charge < -0.3 is 15.1 Å². The first-order valence-corrected chi connectivity index (χ1v) is 5.71. The zero-order valence-electron chi connectivity index (χ0n) is 10.1. The minimum Gasteiger partial charge on any atom is -0.349 e. The van der Waals surface area contributed by atoms with Gasteiger partial charge in [0.1, 0.15) is 0 Å². The molecule has 1 N–H and O–H groups in total. The van der Waals surface area contributed by atoms with Crippen LogP contribution in [0, 0.1) is 0 Å². The molecule has 0 bridgehead atoms. The van der Waals surface area contributed by atoms with Crippen LogP contribution in [0.5, 0.6) is 0 Å². The van der Waals surface area contributed by atoms with Gasteiger partial charge in [-0.1, -0.05) is 0 Å². The number of likely N-dealkylation sites (N-methyl/N-ethyl adjacent to an activating group) is 1. The first kappa shape index (κ1) is 12.5. The van der Waals surface area contributed by atoms with E-state index in [1.807, 2.05) is 0 Å². The van der Waals surface area contributed by atoms with Gasteiger partial charge in [-0.25, -0.2) is 0 Å². The van der Waals surface area contributed by atoms with E-state index in [1.165, 1.54) is 12.8 Å². The van der Waals surface area contributed by atoms with E-state index >= 15 is 0 Å². The van der Waals surface area contributed by atoms with Gasteiger partial charge in [-0.05, 0) is 26.4 Å². The number of carbonyl (C=O) groups is 1. The van der Waals surface area contributed by atoms with Crippen molar-refractivity contribution in [1.82, 2.24) is 15.1 Å². The van der Waals surface area contributed by atoms with Crippen molar-refractivity contribution < 1.29 is 4.79 Å². The monoisotopic (exact) mass is 213 g/mol. The quantitative estimate of drug-likeness (QED) is 0.706. The highest BCUT2D eigenvalue weighted by atomic mass is 16.2. The van der Waals surface area contributed by atoms with E-state index in [4.69, 9.17) is 0 Å². The first-order chi connectivity index (χ1) is 7.09. The van der Waals surface area contributed by atoms with Gasteiger partial charge in [-0.3, -0.25) is 4.79 Å². The van der Waals surface area contributed by atoms with E-state index in [0.29, 0.717) is 12.5 Å². The van der Waals surface area contributed by atoms with Gasteiger partial charge in [0, 0.05) is 39.6 Å². The average Bonchev–Trinajstić information content (AvgIpc) is 2.66. The van der Waals surface area contributed by atoms with Crippen molar-refractivity contribution >= 4 is 5.91 Å². The normalized spacial score (nSPS) is 20.9. The highest BCUT2D eigenvalue weighted by molar-refractivity contribution is 5.75. The summed E-state index contributed by atoms with van der Waals surface area (Å²) in [7, 11) is 5.70. The lowest BCUT2D eigenvalue weighted by Gasteiger charge is -2.21. The lowest BCUT2D eigenvalue weighted by molar-refractivity contribution is -0.128. The summed E-state index contributed by atoms with van der Waals surface area (Å²) in [4.78, 5) is 15.3. The molecule has 1 aliphatic heterocycles. The minimum absolute atomic E-state index is 0.209. The third-order valence-electron chi connectivity index (χ3n) is 2.90. The van der Waals surface area contributed by atoms with Gasteiger partial charge in [-0.15, -0.1) is 0 Å². The minimum atomic E-state index is 0.209. The molecule has 0 aliphatic carbocycles. The molecule has 0 radical (unpaired) electrons. The highest BCUT2D eigenvalue weighted by Crippen LogP contribution is 2.06. The summed E-state index contributed by atoms with van der Waals surface area (Å²) in [6.45, 7) is 3.06. The van der Waals surface area contributed by atoms with Crippen LogP contribution in [0.15, 0.2) is 0 Å². The molecule has 88 valence electrons. The van der Waals surface area contributed by atoms with Gasteiger partial charge in [-0.2, -0.15) is 0 Å². The molecule has 1 heterocycles. The largest absolute Gasteiger partial charge is 0.349 e. The number of nitrogens with one attached hydrogen (secondary N) is 1. The van der Waals surface area contributed by atoms with Crippen molar-refractivity contribution in [2.24, 2.45) is 0 Å². The number of rotatable bonds is 5. The van der Waals surface area contributed by atoms with Crippen molar-refractivity contribution in [3.05, 3.63) is 0 Å². The Balaban J connectivity index is 2.12. The maximum Gasteiger partial charge on any atom is 0.223 e. The third-order valence-corrected chi connectivity index (χ3v) is 2.90. The van der Waals surface area contributed by atoms with Crippen LogP contribution in [0.2, 0.25) is 0 Å². The number of hydrogen-bond donors (Lipinski definition) is 1. The molecule has 1 saturated heterocycles. The molecule has 15 heavy (non-hydrogen) atoms. The van der Waals surface area contributed by atoms with Crippen molar-refractivity contribution in [1.29, 1.82) is 0 Å². The second kappa shape index (κ2) is 6.08. The molecule has 1 amide bonds. The van der Waals surface area contributed by atoms with Gasteiger partial charge in [0.05, 0.1) is 0 Å². The molecule has 0 aromatic heterocycles. The Morgan fingerprint density at radius 2 is 2.13 bits per heavy atom.